The Morgan fingerprint density at radius 2 is 1.97 bits per heavy atom. The van der Waals surface area contributed by atoms with Crippen molar-refractivity contribution in [3.8, 4) is 11.5 Å². The summed E-state index contributed by atoms with van der Waals surface area (Å²) in [6, 6.07) is 10.5. The molecule has 1 amide bonds. The zero-order chi connectivity index (χ0) is 21.4. The molecule has 1 atom stereocenters. The molecule has 29 heavy (non-hydrogen) atoms. The van der Waals surface area contributed by atoms with Crippen LogP contribution in [0.1, 0.15) is 18.1 Å². The predicted molar refractivity (Wildman–Crippen MR) is 113 cm³/mol. The first kappa shape index (κ1) is 22.3. The normalized spacial score (nSPS) is 11.3. The van der Waals surface area contributed by atoms with Crippen molar-refractivity contribution in [2.45, 2.75) is 26.4 Å². The minimum Gasteiger partial charge on any atom is -0.493 e. The zero-order valence-corrected chi connectivity index (χ0v) is 17.4. The number of aryl methyl sites for hydroxylation is 1. The molecule has 6 nitrogen and oxygen atoms in total. The van der Waals surface area contributed by atoms with Crippen molar-refractivity contribution >= 4 is 29.2 Å². The molecule has 0 unspecified atom stereocenters. The third-order valence-electron chi connectivity index (χ3n) is 4.09. The van der Waals surface area contributed by atoms with Crippen molar-refractivity contribution in [3.05, 3.63) is 65.2 Å². The van der Waals surface area contributed by atoms with E-state index in [0.29, 0.717) is 28.6 Å². The van der Waals surface area contributed by atoms with Crippen LogP contribution in [0.4, 0.5) is 5.69 Å². The minimum absolute atomic E-state index is 0.356. The SMILES string of the molecule is C=CCc1ccc(OCC(=O)O[C@H](C)C(=O)Nc2cc(Cl)ccc2C)c(OC)c1. The maximum atomic E-state index is 12.3. The number of rotatable bonds is 9. The standard InChI is InChI=1S/C22H24ClNO5/c1-5-6-16-8-10-19(20(11-16)27-4)28-13-21(25)29-15(3)22(26)24-18-12-17(23)9-7-14(18)2/h5,7-12,15H,1,6,13H2,2-4H3,(H,24,26)/t15-/m1/s1. The van der Waals surface area contributed by atoms with Crippen LogP contribution in [0, 0.1) is 6.92 Å². The molecule has 154 valence electrons. The summed E-state index contributed by atoms with van der Waals surface area (Å²) >= 11 is 5.95. The lowest BCUT2D eigenvalue weighted by Gasteiger charge is -2.16. The summed E-state index contributed by atoms with van der Waals surface area (Å²) in [5.74, 6) is -0.231. The molecule has 0 aliphatic rings. The van der Waals surface area contributed by atoms with Crippen LogP contribution in [0.5, 0.6) is 11.5 Å². The molecule has 0 fully saturated rings. The molecule has 0 bridgehead atoms. The van der Waals surface area contributed by atoms with E-state index in [9.17, 15) is 9.59 Å². The van der Waals surface area contributed by atoms with Crippen LogP contribution in [0.3, 0.4) is 0 Å². The van der Waals surface area contributed by atoms with E-state index in [4.69, 9.17) is 25.8 Å². The van der Waals surface area contributed by atoms with Crippen molar-refractivity contribution in [1.29, 1.82) is 0 Å². The molecular formula is C22H24ClNO5. The summed E-state index contributed by atoms with van der Waals surface area (Å²) < 4.78 is 15.9. The number of amides is 1. The number of benzene rings is 2. The third-order valence-corrected chi connectivity index (χ3v) is 4.32. The maximum absolute atomic E-state index is 12.3. The molecular weight excluding hydrogens is 394 g/mol. The second-order valence-corrected chi connectivity index (χ2v) is 6.78. The number of esters is 1. The number of nitrogens with one attached hydrogen (secondary N) is 1. The van der Waals surface area contributed by atoms with E-state index in [1.165, 1.54) is 14.0 Å². The van der Waals surface area contributed by atoms with Gasteiger partial charge in [0.15, 0.2) is 24.2 Å². The van der Waals surface area contributed by atoms with Gasteiger partial charge < -0.3 is 19.5 Å². The van der Waals surface area contributed by atoms with E-state index >= 15 is 0 Å². The van der Waals surface area contributed by atoms with Crippen LogP contribution < -0.4 is 14.8 Å². The Bertz CT molecular complexity index is 897. The van der Waals surface area contributed by atoms with Crippen LogP contribution in [0.2, 0.25) is 5.02 Å². The molecule has 7 heteroatoms. The van der Waals surface area contributed by atoms with Gasteiger partial charge in [-0.15, -0.1) is 6.58 Å². The molecule has 0 aliphatic carbocycles. The van der Waals surface area contributed by atoms with Gasteiger partial charge in [-0.1, -0.05) is 29.8 Å². The number of allylic oxidation sites excluding steroid dienone is 1. The number of anilines is 1. The van der Waals surface area contributed by atoms with E-state index in [-0.39, 0.29) is 6.61 Å². The average Bonchev–Trinajstić information content (AvgIpc) is 2.69. The fourth-order valence-electron chi connectivity index (χ4n) is 2.51. The molecule has 2 aromatic rings. The van der Waals surface area contributed by atoms with E-state index in [0.717, 1.165) is 11.1 Å². The van der Waals surface area contributed by atoms with E-state index in [2.05, 4.69) is 11.9 Å². The first-order valence-electron chi connectivity index (χ1n) is 9.01. The summed E-state index contributed by atoms with van der Waals surface area (Å²) in [7, 11) is 1.52. The Labute approximate surface area is 175 Å². The highest BCUT2D eigenvalue weighted by molar-refractivity contribution is 6.31. The van der Waals surface area contributed by atoms with E-state index < -0.39 is 18.0 Å². The minimum atomic E-state index is -0.999. The van der Waals surface area contributed by atoms with Crippen molar-refractivity contribution in [2.75, 3.05) is 19.0 Å². The van der Waals surface area contributed by atoms with Gasteiger partial charge in [-0.3, -0.25) is 4.79 Å². The van der Waals surface area contributed by atoms with Gasteiger partial charge in [-0.2, -0.15) is 0 Å². The maximum Gasteiger partial charge on any atom is 0.344 e. The van der Waals surface area contributed by atoms with Crippen molar-refractivity contribution in [3.63, 3.8) is 0 Å². The molecule has 0 saturated heterocycles. The largest absolute Gasteiger partial charge is 0.493 e. The predicted octanol–water partition coefficient (Wildman–Crippen LogP) is 4.33. The van der Waals surface area contributed by atoms with Crippen LogP contribution in [-0.4, -0.2) is 31.7 Å². The average molecular weight is 418 g/mol. The molecule has 0 aliphatic heterocycles. The topological polar surface area (TPSA) is 73.9 Å². The van der Waals surface area contributed by atoms with Gasteiger partial charge in [0.2, 0.25) is 0 Å². The number of methoxy groups -OCH3 is 1. The van der Waals surface area contributed by atoms with Crippen molar-refractivity contribution in [2.24, 2.45) is 0 Å². The Morgan fingerprint density at radius 3 is 2.66 bits per heavy atom. The molecule has 2 rings (SSSR count). The summed E-state index contributed by atoms with van der Waals surface area (Å²) in [6.45, 7) is 6.66. The number of halogens is 1. The quantitative estimate of drug-likeness (QED) is 0.485. The van der Waals surface area contributed by atoms with Gasteiger partial charge in [0, 0.05) is 10.7 Å². The highest BCUT2D eigenvalue weighted by atomic mass is 35.5. The van der Waals surface area contributed by atoms with Crippen LogP contribution >= 0.6 is 11.6 Å². The van der Waals surface area contributed by atoms with Crippen LogP contribution in [-0.2, 0) is 20.7 Å². The number of hydrogen-bond acceptors (Lipinski definition) is 5. The summed E-state index contributed by atoms with van der Waals surface area (Å²) in [6.07, 6.45) is 1.47. The van der Waals surface area contributed by atoms with Gasteiger partial charge in [-0.25, -0.2) is 4.79 Å². The van der Waals surface area contributed by atoms with Gasteiger partial charge >= 0.3 is 5.97 Å². The van der Waals surface area contributed by atoms with Crippen LogP contribution in [0.25, 0.3) is 0 Å². The Morgan fingerprint density at radius 1 is 1.21 bits per heavy atom. The zero-order valence-electron chi connectivity index (χ0n) is 16.7. The van der Waals surface area contributed by atoms with Gasteiger partial charge in [0.05, 0.1) is 7.11 Å². The lowest BCUT2D eigenvalue weighted by Crippen LogP contribution is -2.31. The second-order valence-electron chi connectivity index (χ2n) is 6.35. The lowest BCUT2D eigenvalue weighted by molar-refractivity contribution is -0.155. The molecule has 1 N–H and O–H groups in total. The molecule has 0 spiro atoms. The molecule has 2 aromatic carbocycles. The molecule has 0 heterocycles. The highest BCUT2D eigenvalue weighted by Crippen LogP contribution is 2.28. The third kappa shape index (κ3) is 6.54. The monoisotopic (exact) mass is 417 g/mol. The Balaban J connectivity index is 1.90. The highest BCUT2D eigenvalue weighted by Gasteiger charge is 2.19. The second kappa shape index (κ2) is 10.5. The first-order valence-corrected chi connectivity index (χ1v) is 9.39. The van der Waals surface area contributed by atoms with Crippen molar-refractivity contribution in [1.82, 2.24) is 0 Å². The summed E-state index contributed by atoms with van der Waals surface area (Å²) in [4.78, 5) is 24.4. The lowest BCUT2D eigenvalue weighted by atomic mass is 10.1. The Hall–Kier alpha value is -2.99. The Kier molecular flexibility index (Phi) is 8.09. The number of carbonyl (C=O) groups excluding carboxylic acids is 2. The fraction of sp³-hybridized carbons (Fsp3) is 0.273. The molecule has 0 saturated carbocycles. The van der Waals surface area contributed by atoms with Crippen LogP contribution in [0.15, 0.2) is 49.1 Å². The molecule has 0 aromatic heterocycles. The van der Waals surface area contributed by atoms with E-state index in [1.54, 1.807) is 30.3 Å². The molecule has 0 radical (unpaired) electrons. The number of carbonyl (C=O) groups is 2. The summed E-state index contributed by atoms with van der Waals surface area (Å²) in [5, 5.41) is 3.19. The number of hydrogen-bond donors (Lipinski definition) is 1. The van der Waals surface area contributed by atoms with Gasteiger partial charge in [0.25, 0.3) is 5.91 Å². The van der Waals surface area contributed by atoms with Gasteiger partial charge in [-0.05, 0) is 55.7 Å². The van der Waals surface area contributed by atoms with E-state index in [1.807, 2.05) is 19.1 Å². The van der Waals surface area contributed by atoms with Crippen molar-refractivity contribution < 1.29 is 23.8 Å². The first-order chi connectivity index (χ1) is 13.8. The smallest absolute Gasteiger partial charge is 0.344 e. The number of ether oxygens (including phenoxy) is 3. The fourth-order valence-corrected chi connectivity index (χ4v) is 2.68. The summed E-state index contributed by atoms with van der Waals surface area (Å²) in [5.41, 5.74) is 2.41. The van der Waals surface area contributed by atoms with Gasteiger partial charge in [0.1, 0.15) is 0 Å².